The molecule has 0 saturated heterocycles. The van der Waals surface area contributed by atoms with Gasteiger partial charge in [-0.05, 0) is 24.3 Å². The average molecular weight is 189 g/mol. The monoisotopic (exact) mass is 189 g/mol. The number of nitrogens with two attached hydrogens (primary N) is 1. The van der Waals surface area contributed by atoms with Gasteiger partial charge in [-0.2, -0.15) is 0 Å². The number of amides is 1. The second-order valence-electron chi connectivity index (χ2n) is 3.21. The molecule has 0 saturated carbocycles. The van der Waals surface area contributed by atoms with Gasteiger partial charge in [0.15, 0.2) is 0 Å². The number of hydrogen-bond acceptors (Lipinski definition) is 2. The number of rotatable bonds is 1. The summed E-state index contributed by atoms with van der Waals surface area (Å²) in [5, 5.41) is 3.67. The van der Waals surface area contributed by atoms with Crippen molar-refractivity contribution in [2.45, 2.75) is 6.92 Å². The molecule has 1 heterocycles. The molecule has 72 valence electrons. The molecule has 0 unspecified atom stereocenters. The van der Waals surface area contributed by atoms with Crippen LogP contribution < -0.4 is 11.1 Å². The van der Waals surface area contributed by atoms with Crippen molar-refractivity contribution >= 4 is 28.3 Å². The Labute approximate surface area is 81.1 Å². The lowest BCUT2D eigenvalue weighted by Gasteiger charge is -1.94. The summed E-state index contributed by atoms with van der Waals surface area (Å²) in [4.78, 5) is 13.9. The van der Waals surface area contributed by atoms with Gasteiger partial charge in [0, 0.05) is 23.5 Å². The second-order valence-corrected chi connectivity index (χ2v) is 3.21. The van der Waals surface area contributed by atoms with Crippen LogP contribution in [0.25, 0.3) is 10.9 Å². The van der Waals surface area contributed by atoms with Crippen LogP contribution in [0.3, 0.4) is 0 Å². The molecule has 4 N–H and O–H groups in total. The quantitative estimate of drug-likeness (QED) is 0.597. The van der Waals surface area contributed by atoms with Crippen LogP contribution in [0.1, 0.15) is 6.92 Å². The van der Waals surface area contributed by atoms with Crippen molar-refractivity contribution in [1.82, 2.24) is 4.98 Å². The number of aromatic amines is 1. The highest BCUT2D eigenvalue weighted by molar-refractivity contribution is 5.93. The molecule has 1 aromatic carbocycles. The third-order valence-corrected chi connectivity index (χ3v) is 1.96. The average Bonchev–Trinajstić information content (AvgIpc) is 2.44. The molecular weight excluding hydrogens is 178 g/mol. The van der Waals surface area contributed by atoms with Gasteiger partial charge in [0.05, 0.1) is 0 Å². The Kier molecular flexibility index (Phi) is 1.89. The summed E-state index contributed by atoms with van der Waals surface area (Å²) < 4.78 is 0. The molecule has 4 heteroatoms. The van der Waals surface area contributed by atoms with Crippen molar-refractivity contribution in [2.24, 2.45) is 0 Å². The fourth-order valence-corrected chi connectivity index (χ4v) is 1.41. The maximum absolute atomic E-state index is 10.8. The number of nitrogens with one attached hydrogen (secondary N) is 2. The molecule has 1 amide bonds. The molecule has 2 rings (SSSR count). The number of nitrogen functional groups attached to an aromatic ring is 1. The van der Waals surface area contributed by atoms with E-state index in [9.17, 15) is 4.79 Å². The standard InChI is InChI=1S/C10H11N3O/c1-6(14)12-10-5-7-4-8(11)2-3-9(7)13-10/h2-5,13H,11H2,1H3,(H,12,14). The highest BCUT2D eigenvalue weighted by Gasteiger charge is 2.01. The number of carbonyl (C=O) groups is 1. The molecule has 1 aromatic heterocycles. The normalized spacial score (nSPS) is 10.4. The maximum Gasteiger partial charge on any atom is 0.222 e. The Hall–Kier alpha value is -1.97. The molecule has 0 aliphatic heterocycles. The molecule has 0 aliphatic rings. The summed E-state index contributed by atoms with van der Waals surface area (Å²) in [6, 6.07) is 7.41. The van der Waals surface area contributed by atoms with Gasteiger partial charge in [0.25, 0.3) is 0 Å². The highest BCUT2D eigenvalue weighted by atomic mass is 16.1. The molecule has 2 aromatic rings. The number of benzene rings is 1. The van der Waals surface area contributed by atoms with E-state index >= 15 is 0 Å². The van der Waals surface area contributed by atoms with Gasteiger partial charge in [-0.15, -0.1) is 0 Å². The zero-order valence-electron chi connectivity index (χ0n) is 7.79. The van der Waals surface area contributed by atoms with Gasteiger partial charge >= 0.3 is 0 Å². The Morgan fingerprint density at radius 3 is 2.93 bits per heavy atom. The second kappa shape index (κ2) is 3.06. The molecule has 0 aliphatic carbocycles. The summed E-state index contributed by atoms with van der Waals surface area (Å²) in [7, 11) is 0. The van der Waals surface area contributed by atoms with E-state index in [1.807, 2.05) is 24.3 Å². The van der Waals surface area contributed by atoms with Crippen LogP contribution in [0, 0.1) is 0 Å². The highest BCUT2D eigenvalue weighted by Crippen LogP contribution is 2.20. The van der Waals surface area contributed by atoms with Crippen molar-refractivity contribution < 1.29 is 4.79 Å². The van der Waals surface area contributed by atoms with E-state index in [1.165, 1.54) is 6.92 Å². The van der Waals surface area contributed by atoms with Gasteiger partial charge in [-0.1, -0.05) is 0 Å². The van der Waals surface area contributed by atoms with Crippen molar-refractivity contribution in [3.05, 3.63) is 24.3 Å². The van der Waals surface area contributed by atoms with E-state index in [1.54, 1.807) is 0 Å². The van der Waals surface area contributed by atoms with E-state index in [4.69, 9.17) is 5.73 Å². The first-order valence-corrected chi connectivity index (χ1v) is 4.31. The fraction of sp³-hybridized carbons (Fsp3) is 0.100. The van der Waals surface area contributed by atoms with Crippen LogP contribution in [0.15, 0.2) is 24.3 Å². The third-order valence-electron chi connectivity index (χ3n) is 1.96. The van der Waals surface area contributed by atoms with Gasteiger partial charge < -0.3 is 16.0 Å². The van der Waals surface area contributed by atoms with E-state index in [2.05, 4.69) is 10.3 Å². The summed E-state index contributed by atoms with van der Waals surface area (Å²) >= 11 is 0. The van der Waals surface area contributed by atoms with Crippen LogP contribution in [0.2, 0.25) is 0 Å². The van der Waals surface area contributed by atoms with Gasteiger partial charge in [-0.3, -0.25) is 4.79 Å². The molecule has 0 radical (unpaired) electrons. The number of H-pyrrole nitrogens is 1. The minimum absolute atomic E-state index is 0.0930. The number of aromatic nitrogens is 1. The lowest BCUT2D eigenvalue weighted by atomic mass is 10.2. The fourth-order valence-electron chi connectivity index (χ4n) is 1.41. The molecule has 4 nitrogen and oxygen atoms in total. The first kappa shape index (κ1) is 8.62. The molecule has 0 fully saturated rings. The summed E-state index contributed by atoms with van der Waals surface area (Å²) in [6.45, 7) is 1.47. The van der Waals surface area contributed by atoms with Crippen molar-refractivity contribution in [1.29, 1.82) is 0 Å². The number of anilines is 2. The molecule has 0 atom stereocenters. The van der Waals surface area contributed by atoms with E-state index in [-0.39, 0.29) is 5.91 Å². The third kappa shape index (κ3) is 1.54. The summed E-state index contributed by atoms with van der Waals surface area (Å²) in [5.74, 6) is 0.600. The SMILES string of the molecule is CC(=O)Nc1cc2cc(N)ccc2[nH]1. The smallest absolute Gasteiger partial charge is 0.222 e. The number of carbonyl (C=O) groups excluding carboxylic acids is 1. The minimum atomic E-state index is -0.0930. The first-order chi connectivity index (χ1) is 6.65. The number of fused-ring (bicyclic) bond motifs is 1. The van der Waals surface area contributed by atoms with Crippen LogP contribution in [0.4, 0.5) is 11.5 Å². The zero-order valence-corrected chi connectivity index (χ0v) is 7.79. The maximum atomic E-state index is 10.8. The van der Waals surface area contributed by atoms with Gasteiger partial charge in [-0.25, -0.2) is 0 Å². The Bertz CT molecular complexity index is 487. The lowest BCUT2D eigenvalue weighted by Crippen LogP contribution is -2.05. The van der Waals surface area contributed by atoms with E-state index in [0.29, 0.717) is 11.5 Å². The van der Waals surface area contributed by atoms with Crippen LogP contribution in [-0.2, 0) is 4.79 Å². The first-order valence-electron chi connectivity index (χ1n) is 4.31. The molecule has 0 spiro atoms. The van der Waals surface area contributed by atoms with E-state index < -0.39 is 0 Å². The predicted octanol–water partition coefficient (Wildman–Crippen LogP) is 1.71. The van der Waals surface area contributed by atoms with Gasteiger partial charge in [0.2, 0.25) is 5.91 Å². The van der Waals surface area contributed by atoms with Gasteiger partial charge in [0.1, 0.15) is 5.82 Å². The Morgan fingerprint density at radius 1 is 1.43 bits per heavy atom. The van der Waals surface area contributed by atoms with Crippen molar-refractivity contribution in [3.8, 4) is 0 Å². The van der Waals surface area contributed by atoms with Crippen molar-refractivity contribution in [3.63, 3.8) is 0 Å². The van der Waals surface area contributed by atoms with E-state index in [0.717, 1.165) is 10.9 Å². The molecule has 0 bridgehead atoms. The van der Waals surface area contributed by atoms with Crippen molar-refractivity contribution in [2.75, 3.05) is 11.1 Å². The summed E-state index contributed by atoms with van der Waals surface area (Å²) in [5.41, 5.74) is 7.31. The van der Waals surface area contributed by atoms with Crippen LogP contribution >= 0.6 is 0 Å². The topological polar surface area (TPSA) is 70.9 Å². The lowest BCUT2D eigenvalue weighted by molar-refractivity contribution is -0.114. The van der Waals surface area contributed by atoms with Crippen LogP contribution in [-0.4, -0.2) is 10.9 Å². The Morgan fingerprint density at radius 2 is 2.21 bits per heavy atom. The molecular formula is C10H11N3O. The molecule has 14 heavy (non-hydrogen) atoms. The zero-order chi connectivity index (χ0) is 10.1. The largest absolute Gasteiger partial charge is 0.399 e. The minimum Gasteiger partial charge on any atom is -0.399 e. The summed E-state index contributed by atoms with van der Waals surface area (Å²) in [6.07, 6.45) is 0. The predicted molar refractivity (Wildman–Crippen MR) is 57.0 cm³/mol. The Balaban J connectivity index is 2.46. The van der Waals surface area contributed by atoms with Crippen LogP contribution in [0.5, 0.6) is 0 Å². The number of hydrogen-bond donors (Lipinski definition) is 3.